The number of ether oxygens (including phenoxy) is 3. The Morgan fingerprint density at radius 2 is 1.66 bits per heavy atom. The molecule has 3 N–H and O–H groups in total. The van der Waals surface area contributed by atoms with Gasteiger partial charge in [0.15, 0.2) is 6.61 Å². The van der Waals surface area contributed by atoms with Crippen molar-refractivity contribution in [1.29, 1.82) is 0 Å². The Hall–Kier alpha value is -3.14. The van der Waals surface area contributed by atoms with Crippen LogP contribution >= 0.6 is 0 Å². The zero-order valence-corrected chi connectivity index (χ0v) is 19.0. The number of benzene rings is 1. The fourth-order valence-electron chi connectivity index (χ4n) is 2.54. The van der Waals surface area contributed by atoms with Crippen molar-refractivity contribution in [2.75, 3.05) is 13.2 Å². The first kappa shape index (κ1) is 26.9. The van der Waals surface area contributed by atoms with Crippen molar-refractivity contribution in [2.24, 2.45) is 0 Å². The molecular formula is C22H32N2O8. The minimum atomic E-state index is -1.78. The summed E-state index contributed by atoms with van der Waals surface area (Å²) in [5.74, 6) is -3.18. The van der Waals surface area contributed by atoms with Gasteiger partial charge in [0.05, 0.1) is 6.42 Å². The molecular weight excluding hydrogens is 420 g/mol. The Kier molecular flexibility index (Phi) is 10.6. The van der Waals surface area contributed by atoms with E-state index in [2.05, 4.69) is 10.6 Å². The summed E-state index contributed by atoms with van der Waals surface area (Å²) in [5, 5.41) is 15.1. The molecule has 0 saturated heterocycles. The molecule has 1 amide bonds. The Morgan fingerprint density at radius 3 is 2.19 bits per heavy atom. The number of carboxylic acids is 1. The van der Waals surface area contributed by atoms with Crippen molar-refractivity contribution in [3.05, 3.63) is 35.9 Å². The third-order valence-corrected chi connectivity index (χ3v) is 3.87. The lowest BCUT2D eigenvalue weighted by molar-refractivity contribution is -0.171. The molecule has 10 heteroatoms. The third-order valence-electron chi connectivity index (χ3n) is 3.87. The standard InChI is InChI=1S/C22H32N2O8/c1-14(2)23-12-11-16(25)30-13-17(26)31-19(20(27)28)18(15-9-7-6-8-10-15)24-21(29)32-22(3,4)5/h6-10,14,18-19,23H,11-13H2,1-5H3,(H,24,29)(H,27,28). The molecule has 178 valence electrons. The lowest BCUT2D eigenvalue weighted by atomic mass is 10.0. The molecule has 32 heavy (non-hydrogen) atoms. The smallest absolute Gasteiger partial charge is 0.408 e. The first-order valence-corrected chi connectivity index (χ1v) is 10.2. The lowest BCUT2D eigenvalue weighted by Crippen LogP contribution is -2.45. The molecule has 0 spiro atoms. The van der Waals surface area contributed by atoms with E-state index in [1.807, 2.05) is 13.8 Å². The molecule has 0 heterocycles. The molecule has 2 unspecified atom stereocenters. The van der Waals surface area contributed by atoms with E-state index >= 15 is 0 Å². The number of alkyl carbamates (subject to hydrolysis) is 1. The van der Waals surface area contributed by atoms with Gasteiger partial charge in [-0.1, -0.05) is 44.2 Å². The van der Waals surface area contributed by atoms with Gasteiger partial charge in [-0.15, -0.1) is 0 Å². The highest BCUT2D eigenvalue weighted by Gasteiger charge is 2.35. The number of aliphatic carboxylic acids is 1. The van der Waals surface area contributed by atoms with Gasteiger partial charge in [0, 0.05) is 12.6 Å². The Balaban J connectivity index is 2.85. The van der Waals surface area contributed by atoms with Crippen molar-refractivity contribution in [3.63, 3.8) is 0 Å². The maximum absolute atomic E-state index is 12.3. The quantitative estimate of drug-likeness (QED) is 0.340. The van der Waals surface area contributed by atoms with Gasteiger partial charge < -0.3 is 30.0 Å². The van der Waals surface area contributed by atoms with E-state index in [1.165, 1.54) is 0 Å². The molecule has 0 saturated carbocycles. The van der Waals surface area contributed by atoms with E-state index in [1.54, 1.807) is 51.1 Å². The largest absolute Gasteiger partial charge is 0.478 e. The minimum absolute atomic E-state index is 0.0423. The predicted octanol–water partition coefficient (Wildman–Crippen LogP) is 2.18. The van der Waals surface area contributed by atoms with Crippen molar-refractivity contribution in [2.45, 2.75) is 64.8 Å². The van der Waals surface area contributed by atoms with Gasteiger partial charge in [0.2, 0.25) is 6.10 Å². The third kappa shape index (κ3) is 10.8. The van der Waals surface area contributed by atoms with Crippen LogP contribution in [0, 0.1) is 0 Å². The zero-order valence-electron chi connectivity index (χ0n) is 19.0. The highest BCUT2D eigenvalue weighted by molar-refractivity contribution is 5.82. The number of hydrogen-bond donors (Lipinski definition) is 3. The van der Waals surface area contributed by atoms with E-state index in [0.29, 0.717) is 12.1 Å². The molecule has 1 aromatic carbocycles. The number of rotatable bonds is 11. The molecule has 1 aromatic rings. The normalized spacial score (nSPS) is 13.1. The van der Waals surface area contributed by atoms with Crippen LogP contribution in [0.1, 0.15) is 52.6 Å². The van der Waals surface area contributed by atoms with Gasteiger partial charge in [-0.3, -0.25) is 4.79 Å². The van der Waals surface area contributed by atoms with Crippen LogP contribution in [0.25, 0.3) is 0 Å². The summed E-state index contributed by atoms with van der Waals surface area (Å²) >= 11 is 0. The van der Waals surface area contributed by atoms with Crippen LogP contribution in [0.4, 0.5) is 4.79 Å². The second-order valence-corrected chi connectivity index (χ2v) is 8.30. The fraction of sp³-hybridized carbons (Fsp3) is 0.545. The predicted molar refractivity (Wildman–Crippen MR) is 115 cm³/mol. The van der Waals surface area contributed by atoms with Crippen molar-refractivity contribution in [3.8, 4) is 0 Å². The van der Waals surface area contributed by atoms with Crippen LogP contribution in [0.5, 0.6) is 0 Å². The molecule has 0 bridgehead atoms. The van der Waals surface area contributed by atoms with Gasteiger partial charge in [-0.05, 0) is 26.3 Å². The van der Waals surface area contributed by atoms with E-state index < -0.39 is 48.4 Å². The highest BCUT2D eigenvalue weighted by atomic mass is 16.6. The van der Waals surface area contributed by atoms with Crippen LogP contribution in [0.15, 0.2) is 30.3 Å². The van der Waals surface area contributed by atoms with Crippen LogP contribution in [0.2, 0.25) is 0 Å². The summed E-state index contributed by atoms with van der Waals surface area (Å²) in [6, 6.07) is 7.11. The van der Waals surface area contributed by atoms with E-state index in [9.17, 15) is 24.3 Å². The average Bonchev–Trinajstić information content (AvgIpc) is 2.68. The summed E-state index contributed by atoms with van der Waals surface area (Å²) in [6.07, 6.45) is -2.61. The summed E-state index contributed by atoms with van der Waals surface area (Å²) in [6.45, 7) is 8.43. The fourth-order valence-corrected chi connectivity index (χ4v) is 2.54. The maximum atomic E-state index is 12.3. The maximum Gasteiger partial charge on any atom is 0.408 e. The second kappa shape index (κ2) is 12.7. The molecule has 1 rings (SSSR count). The summed E-state index contributed by atoms with van der Waals surface area (Å²) in [7, 11) is 0. The number of carbonyl (C=O) groups excluding carboxylic acids is 3. The Bertz CT molecular complexity index is 774. The van der Waals surface area contributed by atoms with Gasteiger partial charge in [-0.2, -0.15) is 0 Å². The summed E-state index contributed by atoms with van der Waals surface area (Å²) < 4.78 is 15.1. The number of carbonyl (C=O) groups is 4. The summed E-state index contributed by atoms with van der Waals surface area (Å²) in [5.41, 5.74) is -0.436. The van der Waals surface area contributed by atoms with Gasteiger partial charge in [0.1, 0.15) is 11.6 Å². The minimum Gasteiger partial charge on any atom is -0.478 e. The topological polar surface area (TPSA) is 140 Å². The number of esters is 2. The first-order chi connectivity index (χ1) is 14.9. The van der Waals surface area contributed by atoms with E-state index in [-0.39, 0.29) is 12.5 Å². The monoisotopic (exact) mass is 452 g/mol. The van der Waals surface area contributed by atoms with Crippen molar-refractivity contribution >= 4 is 24.0 Å². The SMILES string of the molecule is CC(C)NCCC(=O)OCC(=O)OC(C(=O)O)C(NC(=O)OC(C)(C)C)c1ccccc1. The number of carboxylic acid groups (broad SMARTS) is 1. The molecule has 10 nitrogen and oxygen atoms in total. The van der Waals surface area contributed by atoms with Crippen LogP contribution in [-0.4, -0.2) is 60.0 Å². The Morgan fingerprint density at radius 1 is 1.03 bits per heavy atom. The first-order valence-electron chi connectivity index (χ1n) is 10.2. The molecule has 0 aliphatic carbocycles. The molecule has 2 atom stereocenters. The molecule has 0 aromatic heterocycles. The van der Waals surface area contributed by atoms with Crippen molar-refractivity contribution < 1.29 is 38.5 Å². The van der Waals surface area contributed by atoms with Gasteiger partial charge in [0.25, 0.3) is 0 Å². The molecule has 0 fully saturated rings. The van der Waals surface area contributed by atoms with E-state index in [4.69, 9.17) is 14.2 Å². The zero-order chi connectivity index (χ0) is 24.3. The van der Waals surface area contributed by atoms with Crippen molar-refractivity contribution in [1.82, 2.24) is 10.6 Å². The summed E-state index contributed by atoms with van der Waals surface area (Å²) in [4.78, 5) is 48.0. The average molecular weight is 453 g/mol. The van der Waals surface area contributed by atoms with Crippen LogP contribution < -0.4 is 10.6 Å². The van der Waals surface area contributed by atoms with Gasteiger partial charge >= 0.3 is 24.0 Å². The molecule has 0 radical (unpaired) electrons. The Labute approximate surface area is 187 Å². The lowest BCUT2D eigenvalue weighted by Gasteiger charge is -2.27. The number of amides is 1. The van der Waals surface area contributed by atoms with Crippen LogP contribution in [-0.2, 0) is 28.6 Å². The number of hydrogen-bond acceptors (Lipinski definition) is 8. The molecule has 0 aliphatic heterocycles. The van der Waals surface area contributed by atoms with Gasteiger partial charge in [-0.25, -0.2) is 14.4 Å². The molecule has 0 aliphatic rings. The number of nitrogens with one attached hydrogen (secondary N) is 2. The second-order valence-electron chi connectivity index (χ2n) is 8.30. The van der Waals surface area contributed by atoms with E-state index in [0.717, 1.165) is 0 Å². The highest BCUT2D eigenvalue weighted by Crippen LogP contribution is 2.21. The van der Waals surface area contributed by atoms with Crippen LogP contribution in [0.3, 0.4) is 0 Å².